The first-order chi connectivity index (χ1) is 19.1. The largest absolute Gasteiger partial charge is 0.465 e. The van der Waals surface area contributed by atoms with Crippen LogP contribution in [0.3, 0.4) is 0 Å². The molecule has 14 heteroatoms. The van der Waals surface area contributed by atoms with Gasteiger partial charge in [0.05, 0.1) is 51.5 Å². The third kappa shape index (κ3) is 5.81. The van der Waals surface area contributed by atoms with E-state index >= 15 is 0 Å². The number of halogens is 1. The van der Waals surface area contributed by atoms with Gasteiger partial charge in [-0.25, -0.2) is 23.9 Å². The number of nitrogens with one attached hydrogen (secondary N) is 2. The lowest BCUT2D eigenvalue weighted by Gasteiger charge is -2.03. The Kier molecular flexibility index (Phi) is 8.19. The van der Waals surface area contributed by atoms with Gasteiger partial charge in [-0.1, -0.05) is 11.3 Å². The van der Waals surface area contributed by atoms with Crippen molar-refractivity contribution >= 4 is 67.0 Å². The Hall–Kier alpha value is -5.11. The monoisotopic (exact) mass is 566 g/mol. The number of rotatable bonds is 6. The highest BCUT2D eigenvalue weighted by molar-refractivity contribution is 7.22. The standard InChI is InChI=1S/C17H13FN4O2S.C9H10N2O4/c1-22-13-6-3-9(15(23)24-2)7-12(13)19-16(22)21-17-20-11-5-4-10(18)8-14(11)25-17;1-10-7-4-3-6(9(12)15-2)5-8(7)11(13)14/h3-8H,1-2H3,(H,19,20,21);3-5,10H,1-2H3. The number of esters is 2. The molecule has 2 N–H and O–H groups in total. The topological polar surface area (TPSA) is 151 Å². The summed E-state index contributed by atoms with van der Waals surface area (Å²) in [6, 6.07) is 13.8. The van der Waals surface area contributed by atoms with Gasteiger partial charge in [0.2, 0.25) is 5.95 Å². The summed E-state index contributed by atoms with van der Waals surface area (Å²) in [5, 5.41) is 17.1. The molecule has 2 heterocycles. The quantitative estimate of drug-likeness (QED) is 0.158. The molecule has 0 saturated heterocycles. The molecule has 0 amide bonds. The fourth-order valence-electron chi connectivity index (χ4n) is 3.74. The molecule has 5 rings (SSSR count). The molecule has 40 heavy (non-hydrogen) atoms. The zero-order valence-corrected chi connectivity index (χ0v) is 22.5. The van der Waals surface area contributed by atoms with Gasteiger partial charge in [-0.05, 0) is 48.5 Å². The number of aryl methyl sites for hydroxylation is 1. The van der Waals surface area contributed by atoms with Crippen LogP contribution in [0.1, 0.15) is 20.7 Å². The highest BCUT2D eigenvalue weighted by Crippen LogP contribution is 2.30. The van der Waals surface area contributed by atoms with Gasteiger partial charge in [0, 0.05) is 20.2 Å². The van der Waals surface area contributed by atoms with Gasteiger partial charge in [-0.3, -0.25) is 10.1 Å². The summed E-state index contributed by atoms with van der Waals surface area (Å²) < 4.78 is 25.1. The molecule has 5 aromatic rings. The average Bonchev–Trinajstić information content (AvgIpc) is 3.50. The molecule has 2 aromatic heterocycles. The van der Waals surface area contributed by atoms with Crippen molar-refractivity contribution in [1.29, 1.82) is 0 Å². The summed E-state index contributed by atoms with van der Waals surface area (Å²) in [4.78, 5) is 41.8. The minimum atomic E-state index is -0.597. The second-order valence-electron chi connectivity index (χ2n) is 8.18. The number of carbonyl (C=O) groups is 2. The number of ether oxygens (including phenoxy) is 2. The summed E-state index contributed by atoms with van der Waals surface area (Å²) >= 11 is 1.35. The van der Waals surface area contributed by atoms with E-state index in [1.807, 2.05) is 17.7 Å². The number of aromatic nitrogens is 3. The Morgan fingerprint density at radius 3 is 2.30 bits per heavy atom. The third-order valence-corrected chi connectivity index (χ3v) is 6.69. The predicted molar refractivity (Wildman–Crippen MR) is 149 cm³/mol. The smallest absolute Gasteiger partial charge is 0.338 e. The van der Waals surface area contributed by atoms with E-state index in [-0.39, 0.29) is 17.1 Å². The van der Waals surface area contributed by atoms with E-state index in [4.69, 9.17) is 4.74 Å². The van der Waals surface area contributed by atoms with Crippen molar-refractivity contribution in [1.82, 2.24) is 14.5 Å². The van der Waals surface area contributed by atoms with Crippen LogP contribution in [0, 0.1) is 15.9 Å². The number of nitro benzene ring substituents is 1. The lowest BCUT2D eigenvalue weighted by molar-refractivity contribution is -0.384. The Balaban J connectivity index is 0.000000212. The fraction of sp³-hybridized carbons (Fsp3) is 0.154. The molecule has 0 spiro atoms. The van der Waals surface area contributed by atoms with Crippen molar-refractivity contribution in [2.24, 2.45) is 7.05 Å². The van der Waals surface area contributed by atoms with Crippen molar-refractivity contribution < 1.29 is 28.4 Å². The SMILES string of the molecule is CNc1ccc(C(=O)OC)cc1[N+](=O)[O-].COC(=O)c1ccc2c(c1)nc(Nc1nc3ccc(F)cc3s1)n2C. The molecular formula is C26H23FN6O6S. The first kappa shape index (κ1) is 27.9. The number of benzene rings is 3. The van der Waals surface area contributed by atoms with E-state index in [0.717, 1.165) is 15.7 Å². The van der Waals surface area contributed by atoms with Crippen molar-refractivity contribution in [2.75, 3.05) is 31.9 Å². The minimum Gasteiger partial charge on any atom is -0.465 e. The molecule has 0 radical (unpaired) electrons. The highest BCUT2D eigenvalue weighted by atomic mass is 32.1. The fourth-order valence-corrected chi connectivity index (χ4v) is 4.63. The molecule has 12 nitrogen and oxygen atoms in total. The number of nitrogens with zero attached hydrogens (tertiary/aromatic N) is 4. The molecule has 0 bridgehead atoms. The van der Waals surface area contributed by atoms with Crippen molar-refractivity contribution in [2.45, 2.75) is 0 Å². The zero-order chi connectivity index (χ0) is 29.0. The lowest BCUT2D eigenvalue weighted by Crippen LogP contribution is -2.03. The Bertz CT molecular complexity index is 1750. The summed E-state index contributed by atoms with van der Waals surface area (Å²) in [5.41, 5.74) is 3.05. The van der Waals surface area contributed by atoms with E-state index in [1.54, 1.807) is 25.2 Å². The number of nitro groups is 1. The number of carbonyl (C=O) groups excluding carboxylic acids is 2. The molecule has 3 aromatic carbocycles. The highest BCUT2D eigenvalue weighted by Gasteiger charge is 2.17. The molecule has 0 fully saturated rings. The van der Waals surface area contributed by atoms with E-state index in [1.165, 1.54) is 55.9 Å². The molecule has 0 aliphatic rings. The van der Waals surface area contributed by atoms with Gasteiger partial charge < -0.3 is 24.7 Å². The maximum Gasteiger partial charge on any atom is 0.338 e. The van der Waals surface area contributed by atoms with Crippen LogP contribution in [0.25, 0.3) is 21.3 Å². The Labute approximate surface area is 230 Å². The Morgan fingerprint density at radius 1 is 0.975 bits per heavy atom. The molecule has 0 atom stereocenters. The number of methoxy groups -OCH3 is 2. The third-order valence-electron chi connectivity index (χ3n) is 5.76. The molecule has 206 valence electrons. The van der Waals surface area contributed by atoms with Crippen LogP contribution >= 0.6 is 11.3 Å². The molecule has 0 unspecified atom stereocenters. The van der Waals surface area contributed by atoms with Crippen LogP contribution < -0.4 is 10.6 Å². The minimum absolute atomic E-state index is 0.152. The van der Waals surface area contributed by atoms with E-state index < -0.39 is 16.9 Å². The lowest BCUT2D eigenvalue weighted by atomic mass is 10.2. The van der Waals surface area contributed by atoms with Gasteiger partial charge in [0.15, 0.2) is 5.13 Å². The zero-order valence-electron chi connectivity index (χ0n) is 21.7. The van der Waals surface area contributed by atoms with Crippen LogP contribution in [0.2, 0.25) is 0 Å². The van der Waals surface area contributed by atoms with Gasteiger partial charge in [-0.15, -0.1) is 0 Å². The maximum atomic E-state index is 13.3. The number of imidazole rings is 1. The van der Waals surface area contributed by atoms with Crippen LogP contribution in [-0.4, -0.2) is 52.7 Å². The van der Waals surface area contributed by atoms with Crippen LogP contribution in [-0.2, 0) is 16.5 Å². The first-order valence-corrected chi connectivity index (χ1v) is 12.4. The second kappa shape index (κ2) is 11.7. The predicted octanol–water partition coefficient (Wildman–Crippen LogP) is 5.28. The van der Waals surface area contributed by atoms with E-state index in [2.05, 4.69) is 25.3 Å². The number of anilines is 3. The Morgan fingerprint density at radius 2 is 1.65 bits per heavy atom. The van der Waals surface area contributed by atoms with Crippen molar-refractivity contribution in [3.63, 3.8) is 0 Å². The molecule has 0 saturated carbocycles. The second-order valence-corrected chi connectivity index (χ2v) is 9.21. The first-order valence-electron chi connectivity index (χ1n) is 11.6. The normalized spacial score (nSPS) is 10.5. The average molecular weight is 567 g/mol. The van der Waals surface area contributed by atoms with E-state index in [0.29, 0.717) is 27.8 Å². The van der Waals surface area contributed by atoms with Crippen molar-refractivity contribution in [3.8, 4) is 0 Å². The number of fused-ring (bicyclic) bond motifs is 2. The maximum absolute atomic E-state index is 13.3. The van der Waals surface area contributed by atoms with Crippen LogP contribution in [0.5, 0.6) is 0 Å². The number of thiazole rings is 1. The summed E-state index contributed by atoms with van der Waals surface area (Å²) in [5.74, 6) is -0.715. The van der Waals surface area contributed by atoms with Gasteiger partial charge in [0.25, 0.3) is 5.69 Å². The number of hydrogen-bond donors (Lipinski definition) is 2. The van der Waals surface area contributed by atoms with Crippen LogP contribution in [0.4, 0.5) is 26.8 Å². The summed E-state index contributed by atoms with van der Waals surface area (Å²) in [6.07, 6.45) is 0. The molecule has 0 aliphatic heterocycles. The number of hydrogen-bond acceptors (Lipinski definition) is 11. The van der Waals surface area contributed by atoms with Crippen molar-refractivity contribution in [3.05, 3.63) is 81.7 Å². The summed E-state index contributed by atoms with van der Waals surface area (Å²) in [6.45, 7) is 0. The summed E-state index contributed by atoms with van der Waals surface area (Å²) in [7, 11) is 6.00. The van der Waals surface area contributed by atoms with Gasteiger partial charge >= 0.3 is 11.9 Å². The van der Waals surface area contributed by atoms with Gasteiger partial charge in [-0.2, -0.15) is 0 Å². The van der Waals surface area contributed by atoms with Gasteiger partial charge in [0.1, 0.15) is 11.5 Å². The van der Waals surface area contributed by atoms with Crippen LogP contribution in [0.15, 0.2) is 54.6 Å². The molecule has 0 aliphatic carbocycles. The van der Waals surface area contributed by atoms with E-state index in [9.17, 15) is 24.1 Å². The molecular weight excluding hydrogens is 543 g/mol.